The maximum atomic E-state index is 12.6. The molecule has 2 aliphatic rings. The molecule has 2 saturated heterocycles. The molecule has 1 aromatic rings. The number of likely N-dealkylation sites (tertiary alicyclic amines) is 2. The van der Waals surface area contributed by atoms with Gasteiger partial charge in [-0.3, -0.25) is 14.6 Å². The zero-order valence-electron chi connectivity index (χ0n) is 14.8. The van der Waals surface area contributed by atoms with E-state index >= 15 is 0 Å². The van der Waals surface area contributed by atoms with Crippen molar-refractivity contribution in [3.8, 4) is 0 Å². The predicted octanol–water partition coefficient (Wildman–Crippen LogP) is 1.20. The molecule has 3 rings (SSSR count). The molecule has 3 heterocycles. The summed E-state index contributed by atoms with van der Waals surface area (Å²) < 4.78 is 0. The standard InChI is InChI=1S/C19H28N4O2/c20-9-1-12-23-17-8-13-22(14-16(17)3-5-19(23)25)18(24)4-2-15-6-10-21-11-7-15/h6-7,10-11,16-17H,1-5,8-9,12-14,20H2/t16-,17+/m0/s1. The molecule has 2 atom stereocenters. The van der Waals surface area contributed by atoms with E-state index in [9.17, 15) is 9.59 Å². The third kappa shape index (κ3) is 4.37. The van der Waals surface area contributed by atoms with Gasteiger partial charge >= 0.3 is 0 Å². The molecule has 0 spiro atoms. The van der Waals surface area contributed by atoms with E-state index < -0.39 is 0 Å². The smallest absolute Gasteiger partial charge is 0.222 e. The second kappa shape index (κ2) is 8.43. The summed E-state index contributed by atoms with van der Waals surface area (Å²) >= 11 is 0. The lowest BCUT2D eigenvalue weighted by molar-refractivity contribution is -0.144. The van der Waals surface area contributed by atoms with Gasteiger partial charge in [0.15, 0.2) is 0 Å². The van der Waals surface area contributed by atoms with Crippen molar-refractivity contribution in [1.82, 2.24) is 14.8 Å². The number of aryl methyl sites for hydroxylation is 1. The second-order valence-electron chi connectivity index (χ2n) is 7.08. The molecule has 2 aliphatic heterocycles. The fourth-order valence-corrected chi connectivity index (χ4v) is 4.09. The molecule has 0 bridgehead atoms. The summed E-state index contributed by atoms with van der Waals surface area (Å²) in [4.78, 5) is 32.8. The minimum absolute atomic E-state index is 0.223. The van der Waals surface area contributed by atoms with Gasteiger partial charge in [0.2, 0.25) is 11.8 Å². The number of fused-ring (bicyclic) bond motifs is 1. The lowest BCUT2D eigenvalue weighted by Crippen LogP contribution is -2.57. The number of carbonyl (C=O) groups excluding carboxylic acids is 2. The number of carbonyl (C=O) groups is 2. The van der Waals surface area contributed by atoms with E-state index in [1.54, 1.807) is 12.4 Å². The van der Waals surface area contributed by atoms with Crippen molar-refractivity contribution >= 4 is 11.8 Å². The van der Waals surface area contributed by atoms with Gasteiger partial charge in [0.05, 0.1) is 0 Å². The number of hydrogen-bond acceptors (Lipinski definition) is 4. The molecule has 0 saturated carbocycles. The van der Waals surface area contributed by atoms with Crippen LogP contribution in [0.1, 0.15) is 37.7 Å². The van der Waals surface area contributed by atoms with Crippen LogP contribution in [0.3, 0.4) is 0 Å². The van der Waals surface area contributed by atoms with Crippen LogP contribution in [0.15, 0.2) is 24.5 Å². The van der Waals surface area contributed by atoms with Crippen LogP contribution in [0, 0.1) is 5.92 Å². The number of pyridine rings is 1. The van der Waals surface area contributed by atoms with Crippen molar-refractivity contribution in [2.24, 2.45) is 11.7 Å². The van der Waals surface area contributed by atoms with Crippen molar-refractivity contribution in [1.29, 1.82) is 0 Å². The summed E-state index contributed by atoms with van der Waals surface area (Å²) in [5, 5.41) is 0. The van der Waals surface area contributed by atoms with Gasteiger partial charge in [-0.1, -0.05) is 0 Å². The summed E-state index contributed by atoms with van der Waals surface area (Å²) in [6.45, 7) is 2.91. The quantitative estimate of drug-likeness (QED) is 0.841. The van der Waals surface area contributed by atoms with E-state index in [1.165, 1.54) is 0 Å². The van der Waals surface area contributed by atoms with E-state index in [-0.39, 0.29) is 17.9 Å². The van der Waals surface area contributed by atoms with Gasteiger partial charge in [0.25, 0.3) is 0 Å². The van der Waals surface area contributed by atoms with Crippen LogP contribution in [0.4, 0.5) is 0 Å². The Kier molecular flexibility index (Phi) is 6.02. The maximum absolute atomic E-state index is 12.6. The normalized spacial score (nSPS) is 23.5. The minimum atomic E-state index is 0.223. The van der Waals surface area contributed by atoms with Crippen molar-refractivity contribution in [2.45, 2.75) is 44.6 Å². The lowest BCUT2D eigenvalue weighted by atomic mass is 9.83. The molecule has 25 heavy (non-hydrogen) atoms. The Morgan fingerprint density at radius 1 is 1.28 bits per heavy atom. The van der Waals surface area contributed by atoms with E-state index in [2.05, 4.69) is 4.98 Å². The van der Waals surface area contributed by atoms with Crippen LogP contribution in [0.2, 0.25) is 0 Å². The topological polar surface area (TPSA) is 79.5 Å². The van der Waals surface area contributed by atoms with Crippen LogP contribution in [0.5, 0.6) is 0 Å². The number of aromatic nitrogens is 1. The van der Waals surface area contributed by atoms with Crippen LogP contribution < -0.4 is 5.73 Å². The Hall–Kier alpha value is -1.95. The highest BCUT2D eigenvalue weighted by molar-refractivity contribution is 5.78. The maximum Gasteiger partial charge on any atom is 0.222 e. The van der Waals surface area contributed by atoms with Crippen LogP contribution in [-0.4, -0.2) is 58.8 Å². The van der Waals surface area contributed by atoms with Gasteiger partial charge in [-0.05, 0) is 55.8 Å². The SMILES string of the molecule is NCCCN1C(=O)CC[C@H]2CN(C(=O)CCc3ccncc3)CC[C@H]21. The van der Waals surface area contributed by atoms with Gasteiger partial charge in [-0.15, -0.1) is 0 Å². The number of nitrogens with zero attached hydrogens (tertiary/aromatic N) is 3. The molecule has 2 N–H and O–H groups in total. The van der Waals surface area contributed by atoms with E-state index in [1.807, 2.05) is 21.9 Å². The summed E-state index contributed by atoms with van der Waals surface area (Å²) in [6.07, 6.45) is 8.07. The van der Waals surface area contributed by atoms with E-state index in [0.29, 0.717) is 25.3 Å². The Morgan fingerprint density at radius 3 is 2.84 bits per heavy atom. The van der Waals surface area contributed by atoms with E-state index in [0.717, 1.165) is 50.9 Å². The summed E-state index contributed by atoms with van der Waals surface area (Å²) in [5.41, 5.74) is 6.76. The first-order valence-electron chi connectivity index (χ1n) is 9.35. The van der Waals surface area contributed by atoms with Gasteiger partial charge in [0, 0.05) is 50.9 Å². The molecular formula is C19H28N4O2. The summed E-state index contributed by atoms with van der Waals surface area (Å²) in [7, 11) is 0. The molecule has 2 fully saturated rings. The number of nitrogens with two attached hydrogens (primary N) is 1. The van der Waals surface area contributed by atoms with Gasteiger partial charge in [0.1, 0.15) is 0 Å². The third-order valence-electron chi connectivity index (χ3n) is 5.48. The van der Waals surface area contributed by atoms with Crippen molar-refractivity contribution in [3.05, 3.63) is 30.1 Å². The molecule has 6 nitrogen and oxygen atoms in total. The summed E-state index contributed by atoms with van der Waals surface area (Å²) in [5.74, 6) is 0.891. The zero-order chi connectivity index (χ0) is 17.6. The van der Waals surface area contributed by atoms with Gasteiger partial charge in [-0.2, -0.15) is 0 Å². The zero-order valence-corrected chi connectivity index (χ0v) is 14.8. The first-order valence-corrected chi connectivity index (χ1v) is 9.35. The Bertz CT molecular complexity index is 592. The molecule has 0 aliphatic carbocycles. The second-order valence-corrected chi connectivity index (χ2v) is 7.08. The third-order valence-corrected chi connectivity index (χ3v) is 5.48. The molecular weight excluding hydrogens is 316 g/mol. The first-order chi connectivity index (χ1) is 12.2. The predicted molar refractivity (Wildman–Crippen MR) is 95.7 cm³/mol. The highest BCUT2D eigenvalue weighted by Gasteiger charge is 2.39. The highest BCUT2D eigenvalue weighted by Crippen LogP contribution is 2.31. The van der Waals surface area contributed by atoms with Crippen molar-refractivity contribution in [3.63, 3.8) is 0 Å². The first kappa shape index (κ1) is 17.9. The lowest BCUT2D eigenvalue weighted by Gasteiger charge is -2.47. The Labute approximate surface area is 149 Å². The van der Waals surface area contributed by atoms with Crippen molar-refractivity contribution in [2.75, 3.05) is 26.2 Å². The Balaban J connectivity index is 1.53. The Morgan fingerprint density at radius 2 is 2.08 bits per heavy atom. The molecule has 0 unspecified atom stereocenters. The average Bonchev–Trinajstić information content (AvgIpc) is 2.66. The monoisotopic (exact) mass is 344 g/mol. The largest absolute Gasteiger partial charge is 0.342 e. The van der Waals surface area contributed by atoms with Crippen LogP contribution in [-0.2, 0) is 16.0 Å². The molecule has 6 heteroatoms. The number of rotatable bonds is 6. The molecule has 0 radical (unpaired) electrons. The number of piperidine rings is 2. The van der Waals surface area contributed by atoms with Gasteiger partial charge in [-0.25, -0.2) is 0 Å². The molecule has 2 amide bonds. The van der Waals surface area contributed by atoms with Gasteiger partial charge < -0.3 is 15.5 Å². The fraction of sp³-hybridized carbons (Fsp3) is 0.632. The number of amides is 2. The number of hydrogen-bond donors (Lipinski definition) is 1. The minimum Gasteiger partial charge on any atom is -0.342 e. The van der Waals surface area contributed by atoms with E-state index in [4.69, 9.17) is 5.73 Å². The molecule has 1 aromatic heterocycles. The highest BCUT2D eigenvalue weighted by atomic mass is 16.2. The molecule has 0 aromatic carbocycles. The molecule has 136 valence electrons. The van der Waals surface area contributed by atoms with Crippen molar-refractivity contribution < 1.29 is 9.59 Å². The van der Waals surface area contributed by atoms with Crippen LogP contribution >= 0.6 is 0 Å². The van der Waals surface area contributed by atoms with Crippen LogP contribution in [0.25, 0.3) is 0 Å². The fourth-order valence-electron chi connectivity index (χ4n) is 4.09. The summed E-state index contributed by atoms with van der Waals surface area (Å²) in [6, 6.07) is 4.21. The average molecular weight is 344 g/mol.